The molecule has 220 valence electrons. The van der Waals surface area contributed by atoms with Crippen LogP contribution in [0.25, 0.3) is 22.3 Å². The standard InChI is InChI=1S/C23H28N8O10/c1-26-9-11(28(3)19(37)30(5)13(9)32)24-16(26)22(40)7-21(39,18(35)36)8-23(41,15(22)34)17-25-12-10(27(17)2)14(33)31(6)20(38)29(12)4/h15,34,39-41H,7-8H2,1-6H3,(H,35,36)/t15?,21?,22-,23-/m0/s1. The third-order valence-corrected chi connectivity index (χ3v) is 8.15. The van der Waals surface area contributed by atoms with Crippen molar-refractivity contribution in [1.29, 1.82) is 0 Å². The van der Waals surface area contributed by atoms with Gasteiger partial charge in [0.1, 0.15) is 17.8 Å². The second-order valence-corrected chi connectivity index (χ2v) is 10.7. The first kappa shape index (κ1) is 28.1. The lowest BCUT2D eigenvalue weighted by molar-refractivity contribution is -0.262. The van der Waals surface area contributed by atoms with Crippen molar-refractivity contribution in [3.63, 3.8) is 0 Å². The SMILES string of the molecule is Cn1c(=O)c2c(nc([C@]3(O)CC(O)(C(=O)O)C[C@@](O)(c4nc5c(c(=O)n(C)c(=O)n5C)n4C)C3O)n2C)n(C)c1=O. The molecular formula is C23H28N8O10. The molecule has 18 heteroatoms. The Morgan fingerprint density at radius 3 is 1.34 bits per heavy atom. The van der Waals surface area contributed by atoms with Crippen molar-refractivity contribution in [2.45, 2.75) is 35.7 Å². The Kier molecular flexibility index (Phi) is 5.71. The van der Waals surface area contributed by atoms with Gasteiger partial charge in [0, 0.05) is 55.1 Å². The highest BCUT2D eigenvalue weighted by atomic mass is 16.4. The second-order valence-electron chi connectivity index (χ2n) is 10.7. The molecule has 4 heterocycles. The summed E-state index contributed by atoms with van der Waals surface area (Å²) in [5, 5.41) is 56.8. The lowest BCUT2D eigenvalue weighted by atomic mass is 9.64. The summed E-state index contributed by atoms with van der Waals surface area (Å²) in [6, 6.07) is 0. The normalized spacial score (nSPS) is 26.7. The van der Waals surface area contributed by atoms with Crippen LogP contribution >= 0.6 is 0 Å². The summed E-state index contributed by atoms with van der Waals surface area (Å²) in [6.45, 7) is 0. The van der Waals surface area contributed by atoms with Gasteiger partial charge in [-0.25, -0.2) is 24.4 Å². The van der Waals surface area contributed by atoms with Gasteiger partial charge in [0.15, 0.2) is 39.1 Å². The molecule has 2 atom stereocenters. The summed E-state index contributed by atoms with van der Waals surface area (Å²) in [6.07, 6.45) is -4.58. The van der Waals surface area contributed by atoms with Gasteiger partial charge in [-0.15, -0.1) is 0 Å². The Hall–Kier alpha value is -4.39. The third kappa shape index (κ3) is 3.35. The molecule has 0 spiro atoms. The Morgan fingerprint density at radius 1 is 0.683 bits per heavy atom. The van der Waals surface area contributed by atoms with E-state index in [0.717, 1.165) is 27.4 Å². The number of rotatable bonds is 3. The molecular weight excluding hydrogens is 548 g/mol. The molecule has 4 aromatic rings. The van der Waals surface area contributed by atoms with E-state index in [1.807, 2.05) is 0 Å². The molecule has 0 bridgehead atoms. The number of carboxylic acid groups (broad SMARTS) is 1. The van der Waals surface area contributed by atoms with Crippen LogP contribution in [-0.2, 0) is 58.3 Å². The summed E-state index contributed by atoms with van der Waals surface area (Å²) in [5.74, 6) is -2.96. The first-order valence-corrected chi connectivity index (χ1v) is 12.2. The maximum absolute atomic E-state index is 12.9. The van der Waals surface area contributed by atoms with E-state index in [2.05, 4.69) is 9.97 Å². The molecule has 0 radical (unpaired) electrons. The average molecular weight is 577 g/mol. The number of aromatic nitrogens is 8. The van der Waals surface area contributed by atoms with Crippen molar-refractivity contribution < 1.29 is 30.3 Å². The fourth-order valence-electron chi connectivity index (χ4n) is 5.91. The molecule has 5 N–H and O–H groups in total. The number of hydrogen-bond donors (Lipinski definition) is 5. The smallest absolute Gasteiger partial charge is 0.335 e. The number of aryl methyl sites for hydroxylation is 4. The summed E-state index contributed by atoms with van der Waals surface area (Å²) >= 11 is 0. The van der Waals surface area contributed by atoms with Crippen molar-refractivity contribution in [2.24, 2.45) is 42.3 Å². The summed E-state index contributed by atoms with van der Waals surface area (Å²) in [5.41, 5.74) is -12.6. The zero-order valence-corrected chi connectivity index (χ0v) is 22.8. The number of nitrogens with zero attached hydrogens (tertiary/aromatic N) is 8. The molecule has 1 aliphatic rings. The van der Waals surface area contributed by atoms with E-state index in [1.165, 1.54) is 42.3 Å². The van der Waals surface area contributed by atoms with Gasteiger partial charge in [-0.2, -0.15) is 0 Å². The highest BCUT2D eigenvalue weighted by Gasteiger charge is 2.66. The second kappa shape index (κ2) is 8.32. The summed E-state index contributed by atoms with van der Waals surface area (Å²) < 4.78 is 5.62. The Balaban J connectivity index is 1.86. The van der Waals surface area contributed by atoms with Gasteiger partial charge in [0.25, 0.3) is 11.1 Å². The van der Waals surface area contributed by atoms with Crippen molar-refractivity contribution in [2.75, 3.05) is 0 Å². The molecule has 1 saturated carbocycles. The first-order chi connectivity index (χ1) is 18.8. The maximum Gasteiger partial charge on any atom is 0.335 e. The molecule has 5 rings (SSSR count). The lowest BCUT2D eigenvalue weighted by Crippen LogP contribution is -2.66. The summed E-state index contributed by atoms with van der Waals surface area (Å²) in [7, 11) is 7.57. The zero-order chi connectivity index (χ0) is 30.7. The van der Waals surface area contributed by atoms with Gasteiger partial charge in [-0.3, -0.25) is 27.9 Å². The van der Waals surface area contributed by atoms with E-state index < -0.39 is 75.9 Å². The molecule has 4 aromatic heterocycles. The van der Waals surface area contributed by atoms with Gasteiger partial charge in [0.05, 0.1) is 0 Å². The minimum Gasteiger partial charge on any atom is -0.479 e. The van der Waals surface area contributed by atoms with E-state index in [9.17, 15) is 49.5 Å². The highest BCUT2D eigenvalue weighted by molar-refractivity contribution is 5.78. The first-order valence-electron chi connectivity index (χ1n) is 12.2. The van der Waals surface area contributed by atoms with Crippen LogP contribution in [-0.4, -0.2) is 80.6 Å². The minimum atomic E-state index is -2.91. The molecule has 0 amide bonds. The topological polar surface area (TPSA) is 242 Å². The van der Waals surface area contributed by atoms with Crippen LogP contribution in [0, 0.1) is 0 Å². The largest absolute Gasteiger partial charge is 0.479 e. The number of hydrogen-bond acceptors (Lipinski definition) is 11. The zero-order valence-electron chi connectivity index (χ0n) is 22.8. The lowest BCUT2D eigenvalue weighted by Gasteiger charge is -2.50. The maximum atomic E-state index is 12.9. The fourth-order valence-corrected chi connectivity index (χ4v) is 5.91. The van der Waals surface area contributed by atoms with Crippen LogP contribution in [0.15, 0.2) is 19.2 Å². The van der Waals surface area contributed by atoms with E-state index in [1.54, 1.807) is 0 Å². The molecule has 1 fully saturated rings. The van der Waals surface area contributed by atoms with E-state index in [4.69, 9.17) is 0 Å². The van der Waals surface area contributed by atoms with Crippen molar-refractivity contribution in [3.8, 4) is 0 Å². The van der Waals surface area contributed by atoms with Crippen LogP contribution in [0.3, 0.4) is 0 Å². The fraction of sp³-hybridized carbons (Fsp3) is 0.522. The molecule has 18 nitrogen and oxygen atoms in total. The van der Waals surface area contributed by atoms with Crippen molar-refractivity contribution in [1.82, 2.24) is 37.4 Å². The molecule has 0 aromatic carbocycles. The van der Waals surface area contributed by atoms with Crippen LogP contribution in [0.4, 0.5) is 0 Å². The number of aliphatic hydroxyl groups excluding tert-OH is 1. The van der Waals surface area contributed by atoms with Crippen LogP contribution in [0.1, 0.15) is 24.5 Å². The molecule has 0 aliphatic heterocycles. The molecule has 41 heavy (non-hydrogen) atoms. The van der Waals surface area contributed by atoms with Gasteiger partial charge in [-0.1, -0.05) is 0 Å². The van der Waals surface area contributed by atoms with Gasteiger partial charge >= 0.3 is 17.3 Å². The minimum absolute atomic E-state index is 0.195. The Bertz CT molecular complexity index is 1920. The van der Waals surface area contributed by atoms with Crippen molar-refractivity contribution in [3.05, 3.63) is 53.3 Å². The number of aliphatic carboxylic acids is 1. The van der Waals surface area contributed by atoms with E-state index in [-0.39, 0.29) is 22.3 Å². The number of carbonyl (C=O) groups is 1. The van der Waals surface area contributed by atoms with Gasteiger partial charge in [-0.05, 0) is 0 Å². The molecule has 1 aliphatic carbocycles. The number of aliphatic hydroxyl groups is 4. The van der Waals surface area contributed by atoms with E-state index >= 15 is 0 Å². The number of imidazole rings is 2. The average Bonchev–Trinajstić information content (AvgIpc) is 3.45. The highest BCUT2D eigenvalue weighted by Crippen LogP contribution is 2.51. The number of carboxylic acids is 1. The van der Waals surface area contributed by atoms with E-state index in [0.29, 0.717) is 0 Å². The molecule has 0 saturated heterocycles. The molecule has 0 unspecified atom stereocenters. The Morgan fingerprint density at radius 2 is 1.02 bits per heavy atom. The Labute approximate surface area is 227 Å². The van der Waals surface area contributed by atoms with Crippen LogP contribution < -0.4 is 22.5 Å². The van der Waals surface area contributed by atoms with Gasteiger partial charge < -0.3 is 34.7 Å². The van der Waals surface area contributed by atoms with Crippen LogP contribution in [0.5, 0.6) is 0 Å². The predicted octanol–water partition coefficient (Wildman–Crippen LogP) is -4.70. The van der Waals surface area contributed by atoms with Crippen molar-refractivity contribution >= 4 is 28.3 Å². The number of fused-ring (bicyclic) bond motifs is 2. The third-order valence-electron chi connectivity index (χ3n) is 8.15. The summed E-state index contributed by atoms with van der Waals surface area (Å²) in [4.78, 5) is 71.5. The predicted molar refractivity (Wildman–Crippen MR) is 138 cm³/mol. The van der Waals surface area contributed by atoms with Gasteiger partial charge in [0.2, 0.25) is 0 Å². The quantitative estimate of drug-likeness (QED) is 0.155. The monoisotopic (exact) mass is 576 g/mol. The van der Waals surface area contributed by atoms with Crippen LogP contribution in [0.2, 0.25) is 0 Å².